The normalized spacial score (nSPS) is 17.3. The van der Waals surface area contributed by atoms with Gasteiger partial charge in [0.1, 0.15) is 0 Å². The summed E-state index contributed by atoms with van der Waals surface area (Å²) in [6, 6.07) is 0. The molecule has 3 N–H and O–H groups in total. The molecule has 0 saturated heterocycles. The van der Waals surface area contributed by atoms with Crippen LogP contribution in [0.4, 0.5) is 5.13 Å². The largest absolute Gasteiger partial charge is 0.388 e. The number of carbonyl (C=O) groups is 2. The summed E-state index contributed by atoms with van der Waals surface area (Å²) in [6.45, 7) is 3.87. The van der Waals surface area contributed by atoms with Gasteiger partial charge in [-0.15, -0.1) is 11.3 Å². The fourth-order valence-electron chi connectivity index (χ4n) is 2.39. The van der Waals surface area contributed by atoms with Gasteiger partial charge < -0.3 is 10.4 Å². The maximum Gasteiger partial charge on any atom is 0.315 e. The van der Waals surface area contributed by atoms with Crippen LogP contribution in [0.2, 0.25) is 0 Å². The van der Waals surface area contributed by atoms with Gasteiger partial charge >= 0.3 is 11.8 Å². The number of hydrogen-bond acceptors (Lipinski definition) is 5. The predicted octanol–water partition coefficient (Wildman–Crippen LogP) is 1.51. The van der Waals surface area contributed by atoms with Gasteiger partial charge in [-0.2, -0.15) is 0 Å². The number of carbonyl (C=O) groups excluding carboxylic acids is 2. The van der Waals surface area contributed by atoms with Crippen molar-refractivity contribution in [1.29, 1.82) is 0 Å². The maximum absolute atomic E-state index is 11.8. The van der Waals surface area contributed by atoms with Crippen molar-refractivity contribution in [2.24, 2.45) is 0 Å². The number of aromatic nitrogens is 1. The van der Waals surface area contributed by atoms with E-state index in [1.807, 2.05) is 13.8 Å². The summed E-state index contributed by atoms with van der Waals surface area (Å²) in [5, 5.41) is 15.7. The van der Waals surface area contributed by atoms with Crippen molar-refractivity contribution in [3.8, 4) is 0 Å². The third-order valence-electron chi connectivity index (χ3n) is 3.82. The van der Waals surface area contributed by atoms with Crippen LogP contribution in [0.5, 0.6) is 0 Å². The standard InChI is InChI=1S/C14H21N3O3S/c1-9-10(2)21-13(16-9)17-12(19)11(18)15-8-14(20)6-4-3-5-7-14/h20H,3-8H2,1-2H3,(H,15,18)(H,16,17,19). The Balaban J connectivity index is 1.83. The third kappa shape index (κ3) is 4.25. The molecular weight excluding hydrogens is 290 g/mol. The Labute approximate surface area is 128 Å². The minimum atomic E-state index is -0.872. The average molecular weight is 311 g/mol. The third-order valence-corrected chi connectivity index (χ3v) is 4.81. The van der Waals surface area contributed by atoms with Crippen molar-refractivity contribution < 1.29 is 14.7 Å². The number of thiazole rings is 1. The van der Waals surface area contributed by atoms with Crippen LogP contribution in [0.3, 0.4) is 0 Å². The minimum absolute atomic E-state index is 0.120. The van der Waals surface area contributed by atoms with E-state index in [4.69, 9.17) is 0 Å². The second-order valence-electron chi connectivity index (χ2n) is 5.58. The van der Waals surface area contributed by atoms with Crippen LogP contribution in [-0.2, 0) is 9.59 Å². The topological polar surface area (TPSA) is 91.3 Å². The Morgan fingerprint density at radius 3 is 2.48 bits per heavy atom. The highest BCUT2D eigenvalue weighted by Gasteiger charge is 2.30. The van der Waals surface area contributed by atoms with Gasteiger partial charge in [0.25, 0.3) is 0 Å². The van der Waals surface area contributed by atoms with Crippen molar-refractivity contribution in [1.82, 2.24) is 10.3 Å². The number of anilines is 1. The summed E-state index contributed by atoms with van der Waals surface area (Å²) in [5.74, 6) is -1.48. The molecule has 0 aromatic carbocycles. The Kier molecular flexibility index (Phi) is 4.95. The molecule has 0 radical (unpaired) electrons. The van der Waals surface area contributed by atoms with E-state index in [1.165, 1.54) is 11.3 Å². The number of nitrogens with one attached hydrogen (secondary N) is 2. The predicted molar refractivity (Wildman–Crippen MR) is 81.3 cm³/mol. The summed E-state index contributed by atoms with van der Waals surface area (Å²) in [5.41, 5.74) is -0.0324. The molecule has 1 aromatic heterocycles. The first kappa shape index (κ1) is 15.9. The smallest absolute Gasteiger partial charge is 0.315 e. The second-order valence-corrected chi connectivity index (χ2v) is 6.79. The van der Waals surface area contributed by atoms with E-state index >= 15 is 0 Å². The first-order valence-corrected chi connectivity index (χ1v) is 7.97. The highest BCUT2D eigenvalue weighted by molar-refractivity contribution is 7.15. The molecule has 0 bridgehead atoms. The van der Waals surface area contributed by atoms with Crippen molar-refractivity contribution in [2.75, 3.05) is 11.9 Å². The first-order valence-electron chi connectivity index (χ1n) is 7.15. The summed E-state index contributed by atoms with van der Waals surface area (Å²) in [4.78, 5) is 28.7. The highest BCUT2D eigenvalue weighted by Crippen LogP contribution is 2.27. The molecule has 7 heteroatoms. The molecule has 0 atom stereocenters. The van der Waals surface area contributed by atoms with Gasteiger partial charge in [0.15, 0.2) is 5.13 Å². The molecule has 0 aliphatic heterocycles. The van der Waals surface area contributed by atoms with Crippen molar-refractivity contribution >= 4 is 28.3 Å². The van der Waals surface area contributed by atoms with Crippen LogP contribution in [-0.4, -0.2) is 34.1 Å². The highest BCUT2D eigenvalue weighted by atomic mass is 32.1. The van der Waals surface area contributed by atoms with Gasteiger partial charge in [0, 0.05) is 11.4 Å². The van der Waals surface area contributed by atoms with E-state index in [0.29, 0.717) is 18.0 Å². The SMILES string of the molecule is Cc1nc(NC(=O)C(=O)NCC2(O)CCCCC2)sc1C. The zero-order valence-corrected chi connectivity index (χ0v) is 13.2. The summed E-state index contributed by atoms with van der Waals surface area (Å²) in [6.07, 6.45) is 4.35. The lowest BCUT2D eigenvalue weighted by atomic mass is 9.85. The molecule has 1 saturated carbocycles. The van der Waals surface area contributed by atoms with E-state index in [-0.39, 0.29) is 6.54 Å². The number of hydrogen-bond donors (Lipinski definition) is 3. The zero-order chi connectivity index (χ0) is 15.5. The molecule has 2 rings (SSSR count). The zero-order valence-electron chi connectivity index (χ0n) is 12.4. The lowest BCUT2D eigenvalue weighted by Gasteiger charge is -2.31. The number of aliphatic hydroxyl groups is 1. The fraction of sp³-hybridized carbons (Fsp3) is 0.643. The van der Waals surface area contributed by atoms with Gasteiger partial charge in [0.05, 0.1) is 11.3 Å². The minimum Gasteiger partial charge on any atom is -0.388 e. The molecule has 2 amide bonds. The van der Waals surface area contributed by atoms with Crippen LogP contribution in [0.1, 0.15) is 42.7 Å². The summed E-state index contributed by atoms with van der Waals surface area (Å²) < 4.78 is 0. The maximum atomic E-state index is 11.8. The van der Waals surface area contributed by atoms with Crippen LogP contribution in [0.15, 0.2) is 0 Å². The lowest BCUT2D eigenvalue weighted by molar-refractivity contribution is -0.137. The van der Waals surface area contributed by atoms with Crippen molar-refractivity contribution in [3.05, 3.63) is 10.6 Å². The lowest BCUT2D eigenvalue weighted by Crippen LogP contribution is -2.47. The second kappa shape index (κ2) is 6.53. The van der Waals surface area contributed by atoms with Gasteiger partial charge in [0.2, 0.25) is 0 Å². The summed E-state index contributed by atoms with van der Waals surface area (Å²) in [7, 11) is 0. The Morgan fingerprint density at radius 2 is 1.90 bits per heavy atom. The molecule has 0 spiro atoms. The number of nitrogens with zero attached hydrogens (tertiary/aromatic N) is 1. The molecule has 116 valence electrons. The average Bonchev–Trinajstić information content (AvgIpc) is 2.75. The molecule has 1 heterocycles. The van der Waals surface area contributed by atoms with Gasteiger partial charge in [-0.25, -0.2) is 4.98 Å². The molecule has 1 aliphatic rings. The Bertz CT molecular complexity index is 516. The van der Waals surface area contributed by atoms with E-state index in [1.54, 1.807) is 0 Å². The number of amides is 2. The van der Waals surface area contributed by atoms with Crippen LogP contribution in [0, 0.1) is 13.8 Å². The number of aryl methyl sites for hydroxylation is 2. The molecule has 6 nitrogen and oxygen atoms in total. The van der Waals surface area contributed by atoms with E-state index in [2.05, 4.69) is 15.6 Å². The van der Waals surface area contributed by atoms with Gasteiger partial charge in [-0.05, 0) is 26.7 Å². The van der Waals surface area contributed by atoms with Crippen LogP contribution in [0.25, 0.3) is 0 Å². The van der Waals surface area contributed by atoms with Gasteiger partial charge in [-0.1, -0.05) is 19.3 Å². The number of rotatable bonds is 3. The van der Waals surface area contributed by atoms with E-state index in [0.717, 1.165) is 29.8 Å². The van der Waals surface area contributed by atoms with E-state index < -0.39 is 17.4 Å². The van der Waals surface area contributed by atoms with Crippen LogP contribution >= 0.6 is 11.3 Å². The quantitative estimate of drug-likeness (QED) is 0.738. The van der Waals surface area contributed by atoms with Crippen molar-refractivity contribution in [2.45, 2.75) is 51.6 Å². The molecular formula is C14H21N3O3S. The summed E-state index contributed by atoms with van der Waals surface area (Å²) >= 11 is 1.33. The monoisotopic (exact) mass is 311 g/mol. The first-order chi connectivity index (χ1) is 9.89. The molecule has 1 fully saturated rings. The van der Waals surface area contributed by atoms with Crippen molar-refractivity contribution in [3.63, 3.8) is 0 Å². The molecule has 1 aliphatic carbocycles. The Hall–Kier alpha value is -1.47. The molecule has 21 heavy (non-hydrogen) atoms. The van der Waals surface area contributed by atoms with Gasteiger partial charge in [-0.3, -0.25) is 14.9 Å². The Morgan fingerprint density at radius 1 is 1.24 bits per heavy atom. The van der Waals surface area contributed by atoms with E-state index in [9.17, 15) is 14.7 Å². The molecule has 1 aromatic rings. The van der Waals surface area contributed by atoms with Crippen LogP contribution < -0.4 is 10.6 Å². The molecule has 0 unspecified atom stereocenters. The fourth-order valence-corrected chi connectivity index (χ4v) is 3.20.